The predicted molar refractivity (Wildman–Crippen MR) is 95.9 cm³/mol. The van der Waals surface area contributed by atoms with Crippen LogP contribution >= 0.6 is 0 Å². The van der Waals surface area contributed by atoms with E-state index in [9.17, 15) is 0 Å². The first-order chi connectivity index (χ1) is 9.77. The molecule has 0 bridgehead atoms. The van der Waals surface area contributed by atoms with Gasteiger partial charge in [0.25, 0.3) is 0 Å². The van der Waals surface area contributed by atoms with Crippen LogP contribution in [-0.4, -0.2) is 13.1 Å². The van der Waals surface area contributed by atoms with Gasteiger partial charge in [-0.15, -0.1) is 0 Å². The summed E-state index contributed by atoms with van der Waals surface area (Å²) in [6.45, 7) is 13.9. The fourth-order valence-corrected chi connectivity index (χ4v) is 4.25. The molecule has 0 fully saturated rings. The van der Waals surface area contributed by atoms with E-state index in [1.165, 1.54) is 21.9 Å². The highest BCUT2D eigenvalue weighted by molar-refractivity contribution is 6.89. The summed E-state index contributed by atoms with van der Waals surface area (Å²) in [5.74, 6) is 0.674. The summed E-state index contributed by atoms with van der Waals surface area (Å²) < 4.78 is 0. The van der Waals surface area contributed by atoms with Crippen molar-refractivity contribution < 1.29 is 0 Å². The van der Waals surface area contributed by atoms with Gasteiger partial charge in [-0.1, -0.05) is 63.3 Å². The fraction of sp³-hybridized carbons (Fsp3) is 0.421. The van der Waals surface area contributed by atoms with Gasteiger partial charge in [-0.05, 0) is 36.1 Å². The Kier molecular flexibility index (Phi) is 4.67. The van der Waals surface area contributed by atoms with Crippen LogP contribution in [0.4, 0.5) is 0 Å². The molecule has 2 heteroatoms. The molecule has 21 heavy (non-hydrogen) atoms. The van der Waals surface area contributed by atoms with Crippen molar-refractivity contribution in [1.29, 1.82) is 0 Å². The van der Waals surface area contributed by atoms with E-state index >= 15 is 0 Å². The largest absolute Gasteiger partial charge is 0.256 e. The van der Waals surface area contributed by atoms with Gasteiger partial charge in [0, 0.05) is 11.8 Å². The molecule has 0 aliphatic heterocycles. The Bertz CT molecular complexity index is 606. The summed E-state index contributed by atoms with van der Waals surface area (Å²) in [6, 6.07) is 11.0. The van der Waals surface area contributed by atoms with E-state index < -0.39 is 8.07 Å². The summed E-state index contributed by atoms with van der Waals surface area (Å²) in [5, 5.41) is 1.51. The minimum absolute atomic E-state index is 0.674. The van der Waals surface area contributed by atoms with Crippen LogP contribution in [0.5, 0.6) is 0 Å². The zero-order chi connectivity index (χ0) is 15.6. The summed E-state index contributed by atoms with van der Waals surface area (Å²) in [6.07, 6.45) is 3.28. The van der Waals surface area contributed by atoms with Crippen LogP contribution < -0.4 is 5.19 Å². The molecule has 1 aromatic heterocycles. The Morgan fingerprint density at radius 1 is 1.05 bits per heavy atom. The lowest BCUT2D eigenvalue weighted by Gasteiger charge is -2.22. The standard InChI is InChI=1S/C19H27NSi/c1-14(2)11-17-12-18(16-9-7-15(3)8-10-16)20-13-19(17)21(4,5)6/h7-10,12-14H,11H2,1-6H3. The summed E-state index contributed by atoms with van der Waals surface area (Å²) in [7, 11) is -1.34. The number of hydrogen-bond donors (Lipinski definition) is 0. The van der Waals surface area contributed by atoms with E-state index in [4.69, 9.17) is 4.98 Å². The van der Waals surface area contributed by atoms with Crippen molar-refractivity contribution in [2.24, 2.45) is 5.92 Å². The SMILES string of the molecule is Cc1ccc(-c2cc(CC(C)C)c([Si](C)(C)C)cn2)cc1. The Labute approximate surface area is 130 Å². The molecular formula is C19H27NSi. The molecule has 0 saturated heterocycles. The highest BCUT2D eigenvalue weighted by atomic mass is 28.3. The van der Waals surface area contributed by atoms with E-state index in [0.717, 1.165) is 12.1 Å². The first-order valence-electron chi connectivity index (χ1n) is 7.84. The van der Waals surface area contributed by atoms with E-state index in [1.807, 2.05) is 0 Å². The lowest BCUT2D eigenvalue weighted by atomic mass is 10.0. The molecule has 0 spiro atoms. The molecule has 1 nitrogen and oxygen atoms in total. The summed E-state index contributed by atoms with van der Waals surface area (Å²) in [4.78, 5) is 4.75. The van der Waals surface area contributed by atoms with Gasteiger partial charge in [0.05, 0.1) is 13.8 Å². The highest BCUT2D eigenvalue weighted by Crippen LogP contribution is 2.20. The van der Waals surface area contributed by atoms with Crippen LogP contribution in [0.15, 0.2) is 36.5 Å². The van der Waals surface area contributed by atoms with Crippen LogP contribution in [0, 0.1) is 12.8 Å². The Balaban J connectivity index is 2.48. The molecule has 0 saturated carbocycles. The number of hydrogen-bond acceptors (Lipinski definition) is 1. The van der Waals surface area contributed by atoms with Crippen LogP contribution in [-0.2, 0) is 6.42 Å². The normalized spacial score (nSPS) is 12.0. The smallest absolute Gasteiger partial charge is 0.0799 e. The van der Waals surface area contributed by atoms with Crippen LogP contribution in [0.25, 0.3) is 11.3 Å². The van der Waals surface area contributed by atoms with Gasteiger partial charge >= 0.3 is 0 Å². The van der Waals surface area contributed by atoms with Gasteiger partial charge < -0.3 is 0 Å². The van der Waals surface area contributed by atoms with Crippen molar-refractivity contribution in [3.63, 3.8) is 0 Å². The zero-order valence-electron chi connectivity index (χ0n) is 14.2. The quantitative estimate of drug-likeness (QED) is 0.739. The van der Waals surface area contributed by atoms with Crippen molar-refractivity contribution in [1.82, 2.24) is 4.98 Å². The minimum Gasteiger partial charge on any atom is -0.256 e. The predicted octanol–water partition coefficient (Wildman–Crippen LogP) is 4.80. The minimum atomic E-state index is -1.34. The number of benzene rings is 1. The first kappa shape index (κ1) is 16.0. The number of nitrogens with zero attached hydrogens (tertiary/aromatic N) is 1. The summed E-state index contributed by atoms with van der Waals surface area (Å²) in [5.41, 5.74) is 5.11. The molecule has 1 aromatic carbocycles. The van der Waals surface area contributed by atoms with Gasteiger partial charge in [-0.25, -0.2) is 0 Å². The molecule has 0 aliphatic carbocycles. The van der Waals surface area contributed by atoms with Crippen molar-refractivity contribution in [3.05, 3.63) is 47.7 Å². The Morgan fingerprint density at radius 3 is 2.19 bits per heavy atom. The lowest BCUT2D eigenvalue weighted by molar-refractivity contribution is 0.649. The molecular weight excluding hydrogens is 270 g/mol. The molecule has 0 aliphatic rings. The number of rotatable bonds is 4. The number of aryl methyl sites for hydroxylation is 1. The van der Waals surface area contributed by atoms with E-state index in [1.54, 1.807) is 0 Å². The Morgan fingerprint density at radius 2 is 1.67 bits per heavy atom. The number of pyridine rings is 1. The lowest BCUT2D eigenvalue weighted by Crippen LogP contribution is -2.40. The molecule has 112 valence electrons. The maximum atomic E-state index is 4.75. The van der Waals surface area contributed by atoms with Crippen molar-refractivity contribution in [3.8, 4) is 11.3 Å². The monoisotopic (exact) mass is 297 g/mol. The summed E-state index contributed by atoms with van der Waals surface area (Å²) >= 11 is 0. The molecule has 2 rings (SSSR count). The molecule has 0 radical (unpaired) electrons. The zero-order valence-corrected chi connectivity index (χ0v) is 15.2. The fourth-order valence-electron chi connectivity index (χ4n) is 2.66. The molecule has 0 amide bonds. The van der Waals surface area contributed by atoms with E-state index in [2.05, 4.69) is 76.9 Å². The second-order valence-corrected chi connectivity index (χ2v) is 12.5. The van der Waals surface area contributed by atoms with Crippen LogP contribution in [0.2, 0.25) is 19.6 Å². The first-order valence-corrected chi connectivity index (χ1v) is 11.3. The van der Waals surface area contributed by atoms with E-state index in [-0.39, 0.29) is 0 Å². The van der Waals surface area contributed by atoms with Gasteiger partial charge in [-0.3, -0.25) is 4.98 Å². The third-order valence-electron chi connectivity index (χ3n) is 3.77. The molecule has 0 unspecified atom stereocenters. The van der Waals surface area contributed by atoms with Gasteiger partial charge in [0.15, 0.2) is 0 Å². The van der Waals surface area contributed by atoms with Crippen molar-refractivity contribution in [2.75, 3.05) is 0 Å². The average Bonchev–Trinajstić information content (AvgIpc) is 2.37. The van der Waals surface area contributed by atoms with Gasteiger partial charge in [0.2, 0.25) is 0 Å². The second kappa shape index (κ2) is 6.14. The third-order valence-corrected chi connectivity index (χ3v) is 5.84. The van der Waals surface area contributed by atoms with E-state index in [0.29, 0.717) is 5.92 Å². The van der Waals surface area contributed by atoms with Gasteiger partial charge in [-0.2, -0.15) is 0 Å². The maximum absolute atomic E-state index is 4.75. The van der Waals surface area contributed by atoms with Crippen molar-refractivity contribution >= 4 is 13.3 Å². The van der Waals surface area contributed by atoms with Crippen LogP contribution in [0.3, 0.4) is 0 Å². The second-order valence-electron chi connectivity index (χ2n) is 7.44. The molecule has 2 aromatic rings. The number of aromatic nitrogens is 1. The highest BCUT2D eigenvalue weighted by Gasteiger charge is 2.21. The van der Waals surface area contributed by atoms with Crippen LogP contribution in [0.1, 0.15) is 25.0 Å². The van der Waals surface area contributed by atoms with Crippen molar-refractivity contribution in [2.45, 2.75) is 46.8 Å². The molecule has 0 N–H and O–H groups in total. The Hall–Kier alpha value is -1.41. The topological polar surface area (TPSA) is 12.9 Å². The molecule has 0 atom stereocenters. The van der Waals surface area contributed by atoms with Gasteiger partial charge in [0.1, 0.15) is 0 Å². The average molecular weight is 298 g/mol. The maximum Gasteiger partial charge on any atom is 0.0799 e. The molecule has 1 heterocycles. The third kappa shape index (κ3) is 4.04.